The van der Waals surface area contributed by atoms with Gasteiger partial charge >= 0.3 is 0 Å². The number of rotatable bonds is 3. The van der Waals surface area contributed by atoms with Gasteiger partial charge in [0.1, 0.15) is 0 Å². The molecule has 2 aromatic rings. The molecule has 2 unspecified atom stereocenters. The number of aryl methyl sites for hydroxylation is 2. The van der Waals surface area contributed by atoms with E-state index in [0.29, 0.717) is 6.04 Å². The lowest BCUT2D eigenvalue weighted by Crippen LogP contribution is -2.46. The van der Waals surface area contributed by atoms with Gasteiger partial charge < -0.3 is 10.2 Å². The molecule has 0 bridgehead atoms. The molecule has 30 heavy (non-hydrogen) atoms. The second-order valence-electron chi connectivity index (χ2n) is 9.28. The van der Waals surface area contributed by atoms with E-state index in [2.05, 4.69) is 58.6 Å². The van der Waals surface area contributed by atoms with Crippen LogP contribution in [0.15, 0.2) is 42.5 Å². The molecule has 1 amide bonds. The van der Waals surface area contributed by atoms with Crippen LogP contribution >= 0.6 is 0 Å². The summed E-state index contributed by atoms with van der Waals surface area (Å²) >= 11 is 0. The average molecular weight is 404 g/mol. The van der Waals surface area contributed by atoms with Crippen LogP contribution in [0.3, 0.4) is 0 Å². The fourth-order valence-electron chi connectivity index (χ4n) is 5.57. The summed E-state index contributed by atoms with van der Waals surface area (Å²) in [6.45, 7) is 4.51. The van der Waals surface area contributed by atoms with Crippen molar-refractivity contribution in [3.63, 3.8) is 0 Å². The largest absolute Gasteiger partial charge is 0.345 e. The Labute approximate surface area is 180 Å². The molecule has 0 spiro atoms. The van der Waals surface area contributed by atoms with E-state index >= 15 is 0 Å². The van der Waals surface area contributed by atoms with E-state index in [-0.39, 0.29) is 11.9 Å². The molecule has 0 aromatic heterocycles. The third-order valence-electron chi connectivity index (χ3n) is 7.34. The number of amides is 1. The van der Waals surface area contributed by atoms with Crippen molar-refractivity contribution >= 4 is 5.91 Å². The van der Waals surface area contributed by atoms with Crippen molar-refractivity contribution in [1.82, 2.24) is 15.1 Å². The van der Waals surface area contributed by atoms with Crippen molar-refractivity contribution in [3.8, 4) is 0 Å². The van der Waals surface area contributed by atoms with Gasteiger partial charge in [-0.3, -0.25) is 9.69 Å². The Kier molecular flexibility index (Phi) is 5.62. The van der Waals surface area contributed by atoms with Gasteiger partial charge in [0.25, 0.3) is 5.91 Å². The van der Waals surface area contributed by atoms with Gasteiger partial charge in [-0.2, -0.15) is 0 Å². The van der Waals surface area contributed by atoms with E-state index in [1.165, 1.54) is 35.1 Å². The van der Waals surface area contributed by atoms with Gasteiger partial charge in [-0.25, -0.2) is 0 Å². The predicted octanol–water partition coefficient (Wildman–Crippen LogP) is 4.12. The van der Waals surface area contributed by atoms with Crippen molar-refractivity contribution in [2.45, 2.75) is 50.6 Å². The van der Waals surface area contributed by atoms with Gasteiger partial charge in [0.2, 0.25) is 0 Å². The molecule has 2 aromatic carbocycles. The summed E-state index contributed by atoms with van der Waals surface area (Å²) in [5, 5.41) is 3.34. The minimum absolute atomic E-state index is 0.0715. The first-order valence-corrected chi connectivity index (χ1v) is 11.6. The van der Waals surface area contributed by atoms with E-state index in [1.807, 2.05) is 6.07 Å². The van der Waals surface area contributed by atoms with E-state index in [4.69, 9.17) is 0 Å². The van der Waals surface area contributed by atoms with Crippen LogP contribution in [-0.2, 0) is 12.8 Å². The van der Waals surface area contributed by atoms with Crippen molar-refractivity contribution in [1.29, 1.82) is 0 Å². The topological polar surface area (TPSA) is 35.6 Å². The number of fused-ring (bicyclic) bond motifs is 2. The number of piperazine rings is 1. The fraction of sp³-hybridized carbons (Fsp3) is 0.500. The van der Waals surface area contributed by atoms with Crippen LogP contribution in [-0.4, -0.2) is 48.9 Å². The van der Waals surface area contributed by atoms with Gasteiger partial charge in [-0.1, -0.05) is 30.3 Å². The van der Waals surface area contributed by atoms with Crippen molar-refractivity contribution in [2.24, 2.45) is 0 Å². The van der Waals surface area contributed by atoms with Crippen LogP contribution in [0.5, 0.6) is 0 Å². The normalized spacial score (nSPS) is 24.7. The SMILES string of the molecule is CN1CCN(C2CCCc3ccc(C(=O)NC4CCCc5ccccc54)cc32)CC1. The number of carbonyl (C=O) groups is 1. The molecule has 0 radical (unpaired) electrons. The molecule has 4 heteroatoms. The smallest absolute Gasteiger partial charge is 0.251 e. The zero-order chi connectivity index (χ0) is 20.5. The van der Waals surface area contributed by atoms with E-state index in [9.17, 15) is 4.79 Å². The first-order chi connectivity index (χ1) is 14.7. The second-order valence-corrected chi connectivity index (χ2v) is 9.28. The standard InChI is InChI=1S/C26H33N3O/c1-28-14-16-29(17-15-28)25-11-5-8-20-12-13-21(18-23(20)25)26(30)27-24-10-4-7-19-6-2-3-9-22(19)24/h2-3,6,9,12-13,18,24-25H,4-5,7-8,10-11,14-17H2,1H3,(H,27,30). The van der Waals surface area contributed by atoms with Gasteiger partial charge in [-0.15, -0.1) is 0 Å². The summed E-state index contributed by atoms with van der Waals surface area (Å²) in [5.41, 5.74) is 6.32. The molecule has 2 aliphatic carbocycles. The maximum Gasteiger partial charge on any atom is 0.251 e. The maximum absolute atomic E-state index is 13.2. The molecular formula is C26H33N3O. The number of hydrogen-bond donors (Lipinski definition) is 1. The van der Waals surface area contributed by atoms with Crippen molar-refractivity contribution < 1.29 is 4.79 Å². The van der Waals surface area contributed by atoms with Crippen LogP contribution in [0, 0.1) is 0 Å². The van der Waals surface area contributed by atoms with Crippen LogP contribution in [0.1, 0.15) is 70.4 Å². The number of nitrogens with one attached hydrogen (secondary N) is 1. The van der Waals surface area contributed by atoms with Gasteiger partial charge in [0.05, 0.1) is 6.04 Å². The highest BCUT2D eigenvalue weighted by Crippen LogP contribution is 2.36. The molecule has 3 aliphatic rings. The molecule has 1 saturated heterocycles. The Morgan fingerprint density at radius 2 is 1.63 bits per heavy atom. The Morgan fingerprint density at radius 1 is 0.900 bits per heavy atom. The number of hydrogen-bond acceptors (Lipinski definition) is 3. The molecule has 5 rings (SSSR count). The molecule has 158 valence electrons. The molecule has 2 atom stereocenters. The van der Waals surface area contributed by atoms with Crippen LogP contribution < -0.4 is 5.32 Å². The number of likely N-dealkylation sites (N-methyl/N-ethyl adjacent to an activating group) is 1. The van der Waals surface area contributed by atoms with E-state index in [1.54, 1.807) is 0 Å². The zero-order valence-electron chi connectivity index (χ0n) is 18.1. The molecular weight excluding hydrogens is 370 g/mol. The minimum Gasteiger partial charge on any atom is -0.345 e. The van der Waals surface area contributed by atoms with Gasteiger partial charge in [0.15, 0.2) is 0 Å². The zero-order valence-corrected chi connectivity index (χ0v) is 18.1. The molecule has 1 heterocycles. The van der Waals surface area contributed by atoms with Crippen LogP contribution in [0.2, 0.25) is 0 Å². The van der Waals surface area contributed by atoms with Gasteiger partial charge in [0, 0.05) is 37.8 Å². The summed E-state index contributed by atoms with van der Waals surface area (Å²) in [4.78, 5) is 18.2. The molecule has 4 nitrogen and oxygen atoms in total. The quantitative estimate of drug-likeness (QED) is 0.837. The Hall–Kier alpha value is -2.17. The summed E-state index contributed by atoms with van der Waals surface area (Å²) < 4.78 is 0. The number of benzene rings is 2. The van der Waals surface area contributed by atoms with E-state index < -0.39 is 0 Å². The first kappa shape index (κ1) is 19.8. The van der Waals surface area contributed by atoms with Gasteiger partial charge in [-0.05, 0) is 80.0 Å². The lowest BCUT2D eigenvalue weighted by atomic mass is 9.85. The average Bonchev–Trinajstić information content (AvgIpc) is 2.79. The van der Waals surface area contributed by atoms with E-state index in [0.717, 1.165) is 57.4 Å². The van der Waals surface area contributed by atoms with Crippen LogP contribution in [0.25, 0.3) is 0 Å². The second kappa shape index (κ2) is 8.52. The van der Waals surface area contributed by atoms with Crippen molar-refractivity contribution in [3.05, 3.63) is 70.3 Å². The highest BCUT2D eigenvalue weighted by Gasteiger charge is 2.29. The molecule has 1 N–H and O–H groups in total. The molecule has 0 saturated carbocycles. The monoisotopic (exact) mass is 403 g/mol. The predicted molar refractivity (Wildman–Crippen MR) is 121 cm³/mol. The van der Waals surface area contributed by atoms with Crippen LogP contribution in [0.4, 0.5) is 0 Å². The molecule has 1 aliphatic heterocycles. The number of nitrogens with zero attached hydrogens (tertiary/aromatic N) is 2. The summed E-state index contributed by atoms with van der Waals surface area (Å²) in [6, 6.07) is 15.6. The molecule has 1 fully saturated rings. The summed E-state index contributed by atoms with van der Waals surface area (Å²) in [6.07, 6.45) is 6.87. The maximum atomic E-state index is 13.2. The third kappa shape index (κ3) is 3.91. The Balaban J connectivity index is 1.36. The lowest BCUT2D eigenvalue weighted by Gasteiger charge is -2.40. The fourth-order valence-corrected chi connectivity index (χ4v) is 5.57. The Morgan fingerprint density at radius 3 is 2.47 bits per heavy atom. The Bertz CT molecular complexity index is 916. The first-order valence-electron chi connectivity index (χ1n) is 11.6. The van der Waals surface area contributed by atoms with Crippen molar-refractivity contribution in [2.75, 3.05) is 33.2 Å². The highest BCUT2D eigenvalue weighted by atomic mass is 16.1. The number of carbonyl (C=O) groups excluding carboxylic acids is 1. The summed E-state index contributed by atoms with van der Waals surface area (Å²) in [7, 11) is 2.21. The summed E-state index contributed by atoms with van der Waals surface area (Å²) in [5.74, 6) is 0.0715. The highest BCUT2D eigenvalue weighted by molar-refractivity contribution is 5.94. The lowest BCUT2D eigenvalue weighted by molar-refractivity contribution is 0.0930. The minimum atomic E-state index is 0.0715. The third-order valence-corrected chi connectivity index (χ3v) is 7.34.